The standard InChI is InChI=1S/C20H25F2N3O3.HI/c1-23-20(25-13-15-7-3-6-10-18(15)28-19(21)22)24-11-12-27-14-16-8-4-5-9-17(16)26-2;/h3-10,19H,11-14H2,1-2H3,(H2,23,24,25);1H. The highest BCUT2D eigenvalue weighted by Gasteiger charge is 2.09. The number of methoxy groups -OCH3 is 1. The van der Waals surface area contributed by atoms with Crippen molar-refractivity contribution in [2.24, 2.45) is 4.99 Å². The molecule has 0 fully saturated rings. The molecule has 0 aliphatic heterocycles. The topological polar surface area (TPSA) is 64.1 Å². The van der Waals surface area contributed by atoms with Gasteiger partial charge in [-0.25, -0.2) is 0 Å². The van der Waals surface area contributed by atoms with Gasteiger partial charge in [-0.15, -0.1) is 24.0 Å². The zero-order valence-corrected chi connectivity index (χ0v) is 18.7. The number of hydrogen-bond acceptors (Lipinski definition) is 4. The Kier molecular flexibility index (Phi) is 12.0. The number of aliphatic imine (C=N–C) groups is 1. The summed E-state index contributed by atoms with van der Waals surface area (Å²) < 4.78 is 40.4. The number of halogens is 3. The van der Waals surface area contributed by atoms with Gasteiger partial charge in [-0.1, -0.05) is 36.4 Å². The van der Waals surface area contributed by atoms with E-state index in [-0.39, 0.29) is 29.7 Å². The summed E-state index contributed by atoms with van der Waals surface area (Å²) in [5, 5.41) is 6.17. The van der Waals surface area contributed by atoms with E-state index in [1.807, 2.05) is 24.3 Å². The zero-order valence-electron chi connectivity index (χ0n) is 16.4. The third-order valence-electron chi connectivity index (χ3n) is 3.85. The Hall–Kier alpha value is -2.14. The van der Waals surface area contributed by atoms with Crippen molar-refractivity contribution in [3.05, 3.63) is 59.7 Å². The lowest BCUT2D eigenvalue weighted by molar-refractivity contribution is -0.0504. The van der Waals surface area contributed by atoms with Crippen LogP contribution in [0.2, 0.25) is 0 Å². The highest BCUT2D eigenvalue weighted by molar-refractivity contribution is 14.0. The number of para-hydroxylation sites is 2. The van der Waals surface area contributed by atoms with Crippen LogP contribution < -0.4 is 20.1 Å². The molecular weight excluding hydrogens is 495 g/mol. The maximum absolute atomic E-state index is 12.5. The van der Waals surface area contributed by atoms with E-state index in [1.165, 1.54) is 6.07 Å². The first-order valence-electron chi connectivity index (χ1n) is 8.81. The van der Waals surface area contributed by atoms with E-state index < -0.39 is 6.61 Å². The number of hydrogen-bond donors (Lipinski definition) is 2. The van der Waals surface area contributed by atoms with E-state index in [9.17, 15) is 8.78 Å². The molecule has 2 aromatic carbocycles. The van der Waals surface area contributed by atoms with E-state index in [0.717, 1.165) is 11.3 Å². The maximum atomic E-state index is 12.5. The van der Waals surface area contributed by atoms with E-state index in [1.54, 1.807) is 32.4 Å². The highest BCUT2D eigenvalue weighted by Crippen LogP contribution is 2.20. The molecular formula is C20H26F2IN3O3. The van der Waals surface area contributed by atoms with Crippen molar-refractivity contribution in [1.82, 2.24) is 10.6 Å². The van der Waals surface area contributed by atoms with Crippen molar-refractivity contribution < 1.29 is 23.0 Å². The average Bonchev–Trinajstić information content (AvgIpc) is 2.71. The summed E-state index contributed by atoms with van der Waals surface area (Å²) in [6, 6.07) is 14.3. The third-order valence-corrected chi connectivity index (χ3v) is 3.85. The minimum atomic E-state index is -2.86. The number of alkyl halides is 2. The molecule has 0 spiro atoms. The first-order valence-corrected chi connectivity index (χ1v) is 8.81. The van der Waals surface area contributed by atoms with Crippen molar-refractivity contribution in [1.29, 1.82) is 0 Å². The Labute approximate surface area is 186 Å². The molecule has 0 aliphatic carbocycles. The van der Waals surface area contributed by atoms with Crippen LogP contribution in [0.5, 0.6) is 11.5 Å². The molecule has 0 saturated heterocycles. The maximum Gasteiger partial charge on any atom is 0.387 e. The second kappa shape index (κ2) is 13.9. The Morgan fingerprint density at radius 3 is 2.31 bits per heavy atom. The van der Waals surface area contributed by atoms with E-state index >= 15 is 0 Å². The highest BCUT2D eigenvalue weighted by atomic mass is 127. The van der Waals surface area contributed by atoms with Gasteiger partial charge in [0.15, 0.2) is 5.96 Å². The number of nitrogens with zero attached hydrogens (tertiary/aromatic N) is 1. The van der Waals surface area contributed by atoms with Crippen LogP contribution in [-0.2, 0) is 17.9 Å². The minimum absolute atomic E-state index is 0. The molecule has 9 heteroatoms. The molecule has 2 rings (SSSR count). The van der Waals surface area contributed by atoms with Gasteiger partial charge in [-0.05, 0) is 12.1 Å². The number of nitrogens with one attached hydrogen (secondary N) is 2. The molecule has 29 heavy (non-hydrogen) atoms. The molecule has 0 aliphatic rings. The second-order valence-electron chi connectivity index (χ2n) is 5.70. The molecule has 0 aromatic heterocycles. The van der Waals surface area contributed by atoms with Gasteiger partial charge in [0.25, 0.3) is 0 Å². The fourth-order valence-electron chi connectivity index (χ4n) is 2.51. The molecule has 0 radical (unpaired) electrons. The molecule has 0 heterocycles. The SMILES string of the molecule is CN=C(NCCOCc1ccccc1OC)NCc1ccccc1OC(F)F.I. The lowest BCUT2D eigenvalue weighted by Crippen LogP contribution is -2.38. The Morgan fingerprint density at radius 2 is 1.66 bits per heavy atom. The Morgan fingerprint density at radius 1 is 1.00 bits per heavy atom. The lowest BCUT2D eigenvalue weighted by Gasteiger charge is -2.14. The fraction of sp³-hybridized carbons (Fsp3) is 0.350. The van der Waals surface area contributed by atoms with Crippen LogP contribution in [0.1, 0.15) is 11.1 Å². The summed E-state index contributed by atoms with van der Waals surface area (Å²) in [6.07, 6.45) is 0. The quantitative estimate of drug-likeness (QED) is 0.216. The predicted octanol–water partition coefficient (Wildman–Crippen LogP) is 3.80. The lowest BCUT2D eigenvalue weighted by atomic mass is 10.2. The predicted molar refractivity (Wildman–Crippen MR) is 119 cm³/mol. The van der Waals surface area contributed by atoms with Crippen LogP contribution >= 0.6 is 24.0 Å². The number of guanidine groups is 1. The average molecular weight is 521 g/mol. The molecule has 0 saturated carbocycles. The van der Waals surface area contributed by atoms with Crippen LogP contribution in [0, 0.1) is 0 Å². The summed E-state index contributed by atoms with van der Waals surface area (Å²) in [7, 11) is 3.26. The van der Waals surface area contributed by atoms with Gasteiger partial charge in [0.2, 0.25) is 0 Å². The third kappa shape index (κ3) is 8.82. The van der Waals surface area contributed by atoms with E-state index in [4.69, 9.17) is 9.47 Å². The van der Waals surface area contributed by atoms with Gasteiger partial charge < -0.3 is 24.8 Å². The number of rotatable bonds is 10. The summed E-state index contributed by atoms with van der Waals surface area (Å²) in [5.41, 5.74) is 1.58. The molecule has 2 aromatic rings. The van der Waals surface area contributed by atoms with Crippen molar-refractivity contribution in [3.8, 4) is 11.5 Å². The summed E-state index contributed by atoms with van der Waals surface area (Å²) in [5.74, 6) is 1.46. The van der Waals surface area contributed by atoms with Crippen molar-refractivity contribution in [3.63, 3.8) is 0 Å². The van der Waals surface area contributed by atoms with Gasteiger partial charge in [0.1, 0.15) is 11.5 Å². The normalized spacial score (nSPS) is 11.0. The monoisotopic (exact) mass is 521 g/mol. The zero-order chi connectivity index (χ0) is 20.2. The first kappa shape index (κ1) is 24.9. The van der Waals surface area contributed by atoms with Gasteiger partial charge in [-0.2, -0.15) is 8.78 Å². The summed E-state index contributed by atoms with van der Waals surface area (Å²) in [4.78, 5) is 4.11. The van der Waals surface area contributed by atoms with E-state index in [2.05, 4.69) is 20.4 Å². The number of benzene rings is 2. The van der Waals surface area contributed by atoms with Crippen LogP contribution in [0.4, 0.5) is 8.78 Å². The second-order valence-corrected chi connectivity index (χ2v) is 5.70. The Bertz CT molecular complexity index is 763. The van der Waals surface area contributed by atoms with Gasteiger partial charge in [0.05, 0.1) is 20.3 Å². The smallest absolute Gasteiger partial charge is 0.387 e. The van der Waals surface area contributed by atoms with Gasteiger partial charge in [-0.3, -0.25) is 4.99 Å². The van der Waals surface area contributed by atoms with Crippen LogP contribution in [0.3, 0.4) is 0 Å². The molecule has 0 amide bonds. The molecule has 0 atom stereocenters. The minimum Gasteiger partial charge on any atom is -0.496 e. The molecule has 2 N–H and O–H groups in total. The van der Waals surface area contributed by atoms with E-state index in [0.29, 0.717) is 37.8 Å². The number of ether oxygens (including phenoxy) is 3. The molecule has 160 valence electrons. The first-order chi connectivity index (χ1) is 13.6. The van der Waals surface area contributed by atoms with Crippen LogP contribution in [0.15, 0.2) is 53.5 Å². The molecule has 0 bridgehead atoms. The summed E-state index contributed by atoms with van der Waals surface area (Å²) >= 11 is 0. The van der Waals surface area contributed by atoms with Gasteiger partial charge in [0, 0.05) is 31.3 Å². The Balaban J connectivity index is 0.00000420. The van der Waals surface area contributed by atoms with Crippen molar-refractivity contribution in [2.75, 3.05) is 27.3 Å². The van der Waals surface area contributed by atoms with Crippen LogP contribution in [-0.4, -0.2) is 39.9 Å². The molecule has 6 nitrogen and oxygen atoms in total. The van der Waals surface area contributed by atoms with Gasteiger partial charge >= 0.3 is 6.61 Å². The fourth-order valence-corrected chi connectivity index (χ4v) is 2.51. The van der Waals surface area contributed by atoms with Crippen molar-refractivity contribution >= 4 is 29.9 Å². The van der Waals surface area contributed by atoms with Crippen molar-refractivity contribution in [2.45, 2.75) is 19.8 Å². The largest absolute Gasteiger partial charge is 0.496 e. The summed E-state index contributed by atoms with van der Waals surface area (Å²) in [6.45, 7) is -1.13. The molecule has 0 unspecified atom stereocenters. The van der Waals surface area contributed by atoms with Crippen LogP contribution in [0.25, 0.3) is 0 Å².